The van der Waals surface area contributed by atoms with E-state index in [9.17, 15) is 9.90 Å². The normalized spacial score (nSPS) is 11.8. The number of ether oxygens (including phenoxy) is 1. The number of rotatable bonds is 12. The van der Waals surface area contributed by atoms with E-state index < -0.39 is 18.6 Å². The molecule has 2 aromatic heterocycles. The molecule has 35 heavy (non-hydrogen) atoms. The molecule has 0 aliphatic heterocycles. The zero-order chi connectivity index (χ0) is 25.4. The highest BCUT2D eigenvalue weighted by Gasteiger charge is 2.18. The molecule has 0 radical (unpaired) electrons. The summed E-state index contributed by atoms with van der Waals surface area (Å²) in [5, 5.41) is 28.4. The lowest BCUT2D eigenvalue weighted by Gasteiger charge is -2.17. The van der Waals surface area contributed by atoms with Gasteiger partial charge in [0.2, 0.25) is 17.7 Å². The van der Waals surface area contributed by atoms with Crippen LogP contribution in [-0.4, -0.2) is 69.1 Å². The highest BCUT2D eigenvalue weighted by Crippen LogP contribution is 2.31. The second-order valence-electron chi connectivity index (χ2n) is 8.05. The summed E-state index contributed by atoms with van der Waals surface area (Å²) in [6.45, 7) is 5.34. The Morgan fingerprint density at radius 3 is 2.69 bits per heavy atom. The Balaban J connectivity index is 1.80. The zero-order valence-electron chi connectivity index (χ0n) is 20.5. The third-order valence-electron chi connectivity index (χ3n) is 5.24. The van der Waals surface area contributed by atoms with Crippen molar-refractivity contribution < 1.29 is 24.3 Å². The third kappa shape index (κ3) is 6.74. The molecule has 188 valence electrons. The lowest BCUT2D eigenvalue weighted by atomic mass is 10.0. The first-order valence-corrected chi connectivity index (χ1v) is 11.6. The molecule has 0 fully saturated rings. The molecule has 3 aromatic rings. The summed E-state index contributed by atoms with van der Waals surface area (Å²) in [5.74, 6) is 1.34. The lowest BCUT2D eigenvalue weighted by Crippen LogP contribution is -2.36. The van der Waals surface area contributed by atoms with E-state index in [0.29, 0.717) is 35.5 Å². The molecule has 0 saturated heterocycles. The molecule has 1 aromatic carbocycles. The Labute approximate surface area is 204 Å². The summed E-state index contributed by atoms with van der Waals surface area (Å²) in [5.41, 5.74) is 3.99. The van der Waals surface area contributed by atoms with E-state index in [1.54, 1.807) is 7.05 Å². The smallest absolute Gasteiger partial charge is 0.277 e. The molecule has 11 heteroatoms. The molecule has 0 aliphatic rings. The maximum atomic E-state index is 11.1. The lowest BCUT2D eigenvalue weighted by molar-refractivity contribution is -0.124. The van der Waals surface area contributed by atoms with Gasteiger partial charge in [0, 0.05) is 24.8 Å². The van der Waals surface area contributed by atoms with Crippen molar-refractivity contribution in [2.75, 3.05) is 32.1 Å². The van der Waals surface area contributed by atoms with Crippen molar-refractivity contribution in [1.82, 2.24) is 25.4 Å². The van der Waals surface area contributed by atoms with Crippen molar-refractivity contribution in [2.45, 2.75) is 46.1 Å². The maximum absolute atomic E-state index is 11.1. The van der Waals surface area contributed by atoms with Gasteiger partial charge in [0.1, 0.15) is 30.8 Å². The molecule has 1 atom stereocenters. The van der Waals surface area contributed by atoms with Crippen LogP contribution in [0.1, 0.15) is 37.1 Å². The predicted octanol–water partition coefficient (Wildman–Crippen LogP) is 1.91. The molecular weight excluding hydrogens is 452 g/mol. The van der Waals surface area contributed by atoms with E-state index in [1.807, 2.05) is 32.0 Å². The fraction of sp³-hybridized carbons (Fsp3) is 0.458. The number of carbonyl (C=O) groups excluding carboxylic acids is 1. The standard InChI is InChI=1S/C24H32N6O5/c1-5-7-17-10-19(28-24(25-4)27-17)23-29-22(30-35-23)16-8-14(3)21(15(6-2)9-16)34-13-18(32)11-26-20(33)12-31/h8-10,18,31-32H,5-7,11-13H2,1-4H3,(H,26,33)(H,25,27,28). The van der Waals surface area contributed by atoms with Crippen molar-refractivity contribution in [2.24, 2.45) is 0 Å². The summed E-state index contributed by atoms with van der Waals surface area (Å²) in [7, 11) is 1.76. The minimum absolute atomic E-state index is 0.00709. The monoisotopic (exact) mass is 484 g/mol. The van der Waals surface area contributed by atoms with Gasteiger partial charge in [-0.15, -0.1) is 0 Å². The third-order valence-corrected chi connectivity index (χ3v) is 5.24. The van der Waals surface area contributed by atoms with Crippen LogP contribution in [-0.2, 0) is 17.6 Å². The van der Waals surface area contributed by atoms with Gasteiger partial charge in [-0.25, -0.2) is 9.97 Å². The van der Waals surface area contributed by atoms with Crippen molar-refractivity contribution in [3.63, 3.8) is 0 Å². The highest BCUT2D eigenvalue weighted by molar-refractivity contribution is 5.76. The SMILES string of the molecule is CCCc1cc(-c2nc(-c3cc(C)c(OCC(O)CNC(=O)CO)c(CC)c3)no2)nc(NC)n1. The first-order valence-electron chi connectivity index (χ1n) is 11.6. The van der Waals surface area contributed by atoms with E-state index in [0.717, 1.165) is 35.2 Å². The number of nitrogens with zero attached hydrogens (tertiary/aromatic N) is 4. The second kappa shape index (κ2) is 12.2. The van der Waals surface area contributed by atoms with E-state index in [2.05, 4.69) is 37.7 Å². The van der Waals surface area contributed by atoms with Crippen LogP contribution >= 0.6 is 0 Å². The van der Waals surface area contributed by atoms with E-state index in [4.69, 9.17) is 14.4 Å². The van der Waals surface area contributed by atoms with Crippen molar-refractivity contribution in [3.8, 4) is 28.7 Å². The Bertz CT molecular complexity index is 1150. The molecule has 0 bridgehead atoms. The molecule has 1 amide bonds. The van der Waals surface area contributed by atoms with Gasteiger partial charge in [-0.3, -0.25) is 4.79 Å². The minimum atomic E-state index is -0.915. The molecule has 4 N–H and O–H groups in total. The van der Waals surface area contributed by atoms with E-state index in [1.165, 1.54) is 0 Å². The number of aliphatic hydroxyl groups excluding tert-OH is 2. The molecule has 1 unspecified atom stereocenters. The van der Waals surface area contributed by atoms with Crippen LogP contribution in [0.4, 0.5) is 5.95 Å². The van der Waals surface area contributed by atoms with Crippen LogP contribution < -0.4 is 15.4 Å². The predicted molar refractivity (Wildman–Crippen MR) is 130 cm³/mol. The first kappa shape index (κ1) is 26.0. The molecule has 0 spiro atoms. The zero-order valence-corrected chi connectivity index (χ0v) is 20.5. The van der Waals surface area contributed by atoms with Gasteiger partial charge in [0.15, 0.2) is 0 Å². The Morgan fingerprint density at radius 1 is 1.20 bits per heavy atom. The largest absolute Gasteiger partial charge is 0.490 e. The number of hydrogen-bond donors (Lipinski definition) is 4. The van der Waals surface area contributed by atoms with Gasteiger partial charge in [0.25, 0.3) is 5.89 Å². The molecule has 0 saturated carbocycles. The van der Waals surface area contributed by atoms with Gasteiger partial charge in [-0.1, -0.05) is 25.4 Å². The van der Waals surface area contributed by atoms with Crippen LogP contribution in [0.15, 0.2) is 22.7 Å². The molecule has 2 heterocycles. The van der Waals surface area contributed by atoms with Gasteiger partial charge < -0.3 is 30.1 Å². The van der Waals surface area contributed by atoms with Crippen LogP contribution in [0.5, 0.6) is 5.75 Å². The minimum Gasteiger partial charge on any atom is -0.490 e. The average Bonchev–Trinajstić information content (AvgIpc) is 3.36. The fourth-order valence-corrected chi connectivity index (χ4v) is 3.52. The van der Waals surface area contributed by atoms with Crippen LogP contribution in [0.25, 0.3) is 23.0 Å². The summed E-state index contributed by atoms with van der Waals surface area (Å²) < 4.78 is 11.4. The number of amides is 1. The first-order chi connectivity index (χ1) is 16.9. The number of anilines is 1. The van der Waals surface area contributed by atoms with Crippen molar-refractivity contribution >= 4 is 11.9 Å². The fourth-order valence-electron chi connectivity index (χ4n) is 3.52. The summed E-state index contributed by atoms with van der Waals surface area (Å²) in [4.78, 5) is 24.6. The van der Waals surface area contributed by atoms with Crippen molar-refractivity contribution in [3.05, 3.63) is 35.0 Å². The maximum Gasteiger partial charge on any atom is 0.277 e. The highest BCUT2D eigenvalue weighted by atomic mass is 16.5. The number of nitrogens with one attached hydrogen (secondary N) is 2. The number of aryl methyl sites for hydroxylation is 3. The van der Waals surface area contributed by atoms with Gasteiger partial charge >= 0.3 is 0 Å². The van der Waals surface area contributed by atoms with Gasteiger partial charge in [0.05, 0.1) is 0 Å². The average molecular weight is 485 g/mol. The quantitative estimate of drug-likeness (QED) is 0.299. The molecule has 11 nitrogen and oxygen atoms in total. The molecule has 3 rings (SSSR count). The topological polar surface area (TPSA) is 156 Å². The number of aliphatic hydroxyl groups is 2. The van der Waals surface area contributed by atoms with Crippen LogP contribution in [0.2, 0.25) is 0 Å². The summed E-state index contributed by atoms with van der Waals surface area (Å²) in [6.07, 6.45) is 1.54. The van der Waals surface area contributed by atoms with E-state index >= 15 is 0 Å². The summed E-state index contributed by atoms with van der Waals surface area (Å²) >= 11 is 0. The van der Waals surface area contributed by atoms with Gasteiger partial charge in [-0.2, -0.15) is 4.98 Å². The second-order valence-corrected chi connectivity index (χ2v) is 8.05. The van der Waals surface area contributed by atoms with Crippen LogP contribution in [0.3, 0.4) is 0 Å². The summed E-state index contributed by atoms with van der Waals surface area (Å²) in [6, 6.07) is 5.68. The molecular formula is C24H32N6O5. The number of hydrogen-bond acceptors (Lipinski definition) is 10. The Morgan fingerprint density at radius 2 is 2.00 bits per heavy atom. The number of carbonyl (C=O) groups is 1. The Kier molecular flexibility index (Phi) is 9.10. The number of aromatic nitrogens is 4. The number of benzene rings is 1. The van der Waals surface area contributed by atoms with E-state index in [-0.39, 0.29) is 13.2 Å². The Hall–Kier alpha value is -3.57. The van der Waals surface area contributed by atoms with Gasteiger partial charge in [-0.05, 0) is 49.1 Å². The van der Waals surface area contributed by atoms with Crippen LogP contribution in [0, 0.1) is 6.92 Å². The molecule has 0 aliphatic carbocycles. The van der Waals surface area contributed by atoms with Crippen molar-refractivity contribution in [1.29, 1.82) is 0 Å².